The third kappa shape index (κ3) is 3.45. The second-order valence-corrected chi connectivity index (χ2v) is 4.13. The van der Waals surface area contributed by atoms with Gasteiger partial charge < -0.3 is 20.1 Å². The number of hydrogen-bond donors (Lipinski definition) is 2. The van der Waals surface area contributed by atoms with Crippen molar-refractivity contribution in [2.24, 2.45) is 0 Å². The highest BCUT2D eigenvalue weighted by Gasteiger charge is 2.21. The van der Waals surface area contributed by atoms with E-state index in [2.05, 4.69) is 10.6 Å². The number of nitrogens with one attached hydrogen (secondary N) is 2. The average Bonchev–Trinajstić information content (AvgIpc) is 2.46. The Morgan fingerprint density at radius 1 is 1.61 bits per heavy atom. The largest absolute Gasteiger partial charge is 0.497 e. The Kier molecular flexibility index (Phi) is 4.55. The van der Waals surface area contributed by atoms with E-state index in [-0.39, 0.29) is 12.0 Å². The summed E-state index contributed by atoms with van der Waals surface area (Å²) in [4.78, 5) is 11.8. The molecule has 98 valence electrons. The van der Waals surface area contributed by atoms with Gasteiger partial charge in [-0.05, 0) is 17.7 Å². The Bertz CT molecular complexity index is 403. The van der Waals surface area contributed by atoms with Crippen LogP contribution < -0.4 is 15.4 Å². The zero-order valence-corrected chi connectivity index (χ0v) is 10.4. The van der Waals surface area contributed by atoms with Gasteiger partial charge in [-0.15, -0.1) is 0 Å². The molecule has 1 aromatic carbocycles. The van der Waals surface area contributed by atoms with Crippen LogP contribution in [-0.2, 0) is 16.1 Å². The molecular formula is C13H18N2O3. The minimum Gasteiger partial charge on any atom is -0.497 e. The molecule has 0 bridgehead atoms. The van der Waals surface area contributed by atoms with Crippen molar-refractivity contribution in [3.63, 3.8) is 0 Å². The summed E-state index contributed by atoms with van der Waals surface area (Å²) in [6.07, 6.45) is -0.385. The van der Waals surface area contributed by atoms with E-state index >= 15 is 0 Å². The van der Waals surface area contributed by atoms with Crippen LogP contribution in [0.2, 0.25) is 0 Å². The molecule has 5 nitrogen and oxygen atoms in total. The normalized spacial score (nSPS) is 19.3. The van der Waals surface area contributed by atoms with Crippen molar-refractivity contribution < 1.29 is 14.3 Å². The van der Waals surface area contributed by atoms with Gasteiger partial charge in [0.05, 0.1) is 13.7 Å². The van der Waals surface area contributed by atoms with Gasteiger partial charge in [-0.1, -0.05) is 12.1 Å². The highest BCUT2D eigenvalue weighted by atomic mass is 16.5. The molecule has 2 rings (SSSR count). The summed E-state index contributed by atoms with van der Waals surface area (Å²) in [5, 5.41) is 5.99. The zero-order valence-electron chi connectivity index (χ0n) is 10.4. The first-order chi connectivity index (χ1) is 8.79. The first kappa shape index (κ1) is 12.9. The summed E-state index contributed by atoms with van der Waals surface area (Å²) in [6.45, 7) is 2.44. The molecule has 1 aliphatic rings. The third-order valence-electron chi connectivity index (χ3n) is 2.82. The molecule has 5 heteroatoms. The molecule has 1 fully saturated rings. The molecule has 0 aromatic heterocycles. The van der Waals surface area contributed by atoms with Crippen molar-refractivity contribution in [3.05, 3.63) is 29.8 Å². The lowest BCUT2D eigenvalue weighted by molar-refractivity contribution is -0.134. The second-order valence-electron chi connectivity index (χ2n) is 4.13. The topological polar surface area (TPSA) is 59.6 Å². The summed E-state index contributed by atoms with van der Waals surface area (Å²) in [5.74, 6) is 0.711. The molecule has 1 saturated heterocycles. The maximum Gasteiger partial charge on any atom is 0.250 e. The van der Waals surface area contributed by atoms with Crippen LogP contribution in [0.1, 0.15) is 5.56 Å². The molecule has 1 unspecified atom stereocenters. The minimum absolute atomic E-state index is 0.0787. The van der Waals surface area contributed by atoms with Crippen LogP contribution >= 0.6 is 0 Å². The van der Waals surface area contributed by atoms with Gasteiger partial charge >= 0.3 is 0 Å². The molecule has 0 radical (unpaired) electrons. The quantitative estimate of drug-likeness (QED) is 0.807. The Morgan fingerprint density at radius 3 is 3.22 bits per heavy atom. The number of rotatable bonds is 4. The molecule has 1 atom stereocenters. The highest BCUT2D eigenvalue weighted by Crippen LogP contribution is 2.12. The summed E-state index contributed by atoms with van der Waals surface area (Å²) >= 11 is 0. The van der Waals surface area contributed by atoms with E-state index in [4.69, 9.17) is 9.47 Å². The maximum atomic E-state index is 11.8. The van der Waals surface area contributed by atoms with Crippen LogP contribution in [0.4, 0.5) is 0 Å². The summed E-state index contributed by atoms with van der Waals surface area (Å²) in [6, 6.07) is 7.63. The maximum absolute atomic E-state index is 11.8. The molecule has 1 aliphatic heterocycles. The number of morpholine rings is 1. The average molecular weight is 250 g/mol. The van der Waals surface area contributed by atoms with Gasteiger partial charge in [0.2, 0.25) is 0 Å². The zero-order chi connectivity index (χ0) is 12.8. The van der Waals surface area contributed by atoms with Crippen molar-refractivity contribution in [1.82, 2.24) is 10.6 Å². The number of methoxy groups -OCH3 is 1. The second kappa shape index (κ2) is 6.37. The van der Waals surface area contributed by atoms with Gasteiger partial charge in [-0.3, -0.25) is 4.79 Å². The standard InChI is InChI=1S/C13H18N2O3/c1-17-11-4-2-3-10(7-11)8-15-13(16)12-9-14-5-6-18-12/h2-4,7,12,14H,5-6,8-9H2,1H3,(H,15,16). The molecular weight excluding hydrogens is 232 g/mol. The molecule has 0 aliphatic carbocycles. The Hall–Kier alpha value is -1.59. The van der Waals surface area contributed by atoms with Crippen LogP contribution in [0.3, 0.4) is 0 Å². The van der Waals surface area contributed by atoms with Crippen LogP contribution in [0.5, 0.6) is 5.75 Å². The van der Waals surface area contributed by atoms with Crippen LogP contribution in [-0.4, -0.2) is 38.8 Å². The van der Waals surface area contributed by atoms with Crippen LogP contribution in [0, 0.1) is 0 Å². The molecule has 1 heterocycles. The van der Waals surface area contributed by atoms with E-state index in [1.165, 1.54) is 0 Å². The summed E-state index contributed by atoms with van der Waals surface area (Å²) < 4.78 is 10.5. The van der Waals surface area contributed by atoms with Crippen LogP contribution in [0.15, 0.2) is 24.3 Å². The summed E-state index contributed by atoms with van der Waals surface area (Å²) in [7, 11) is 1.62. The number of carbonyl (C=O) groups excluding carboxylic acids is 1. The Balaban J connectivity index is 1.84. The fraction of sp³-hybridized carbons (Fsp3) is 0.462. The van der Waals surface area contributed by atoms with Gasteiger partial charge in [-0.25, -0.2) is 0 Å². The predicted octanol–water partition coefficient (Wildman–Crippen LogP) is 0.300. The molecule has 18 heavy (non-hydrogen) atoms. The first-order valence-electron chi connectivity index (χ1n) is 6.02. The molecule has 2 N–H and O–H groups in total. The summed E-state index contributed by atoms with van der Waals surface area (Å²) in [5.41, 5.74) is 1.01. The monoisotopic (exact) mass is 250 g/mol. The number of amides is 1. The van der Waals surface area contributed by atoms with E-state index < -0.39 is 0 Å². The molecule has 1 aromatic rings. The van der Waals surface area contributed by atoms with E-state index in [1.807, 2.05) is 24.3 Å². The van der Waals surface area contributed by atoms with Gasteiger partial charge in [0.15, 0.2) is 0 Å². The SMILES string of the molecule is COc1cccc(CNC(=O)C2CNCCO2)c1. The van der Waals surface area contributed by atoms with E-state index in [0.29, 0.717) is 19.7 Å². The Labute approximate surface area is 106 Å². The molecule has 1 amide bonds. The third-order valence-corrected chi connectivity index (χ3v) is 2.82. The van der Waals surface area contributed by atoms with E-state index in [0.717, 1.165) is 17.9 Å². The number of benzene rings is 1. The lowest BCUT2D eigenvalue weighted by Gasteiger charge is -2.22. The first-order valence-corrected chi connectivity index (χ1v) is 6.02. The minimum atomic E-state index is -0.385. The van der Waals surface area contributed by atoms with Gasteiger partial charge in [-0.2, -0.15) is 0 Å². The van der Waals surface area contributed by atoms with Gasteiger partial charge in [0.25, 0.3) is 5.91 Å². The van der Waals surface area contributed by atoms with Gasteiger partial charge in [0.1, 0.15) is 11.9 Å². The van der Waals surface area contributed by atoms with Crippen molar-refractivity contribution >= 4 is 5.91 Å². The van der Waals surface area contributed by atoms with Crippen molar-refractivity contribution in [2.75, 3.05) is 26.8 Å². The van der Waals surface area contributed by atoms with Crippen molar-refractivity contribution in [3.8, 4) is 5.75 Å². The highest BCUT2D eigenvalue weighted by molar-refractivity contribution is 5.81. The van der Waals surface area contributed by atoms with E-state index in [1.54, 1.807) is 7.11 Å². The fourth-order valence-corrected chi connectivity index (χ4v) is 1.82. The number of hydrogen-bond acceptors (Lipinski definition) is 4. The number of carbonyl (C=O) groups is 1. The lowest BCUT2D eigenvalue weighted by Crippen LogP contribution is -2.47. The number of ether oxygens (including phenoxy) is 2. The molecule has 0 spiro atoms. The van der Waals surface area contributed by atoms with Crippen molar-refractivity contribution in [2.45, 2.75) is 12.6 Å². The van der Waals surface area contributed by atoms with E-state index in [9.17, 15) is 4.79 Å². The van der Waals surface area contributed by atoms with Gasteiger partial charge in [0, 0.05) is 19.6 Å². The van der Waals surface area contributed by atoms with Crippen molar-refractivity contribution in [1.29, 1.82) is 0 Å². The predicted molar refractivity (Wildman–Crippen MR) is 67.5 cm³/mol. The van der Waals surface area contributed by atoms with Crippen LogP contribution in [0.25, 0.3) is 0 Å². The lowest BCUT2D eigenvalue weighted by atomic mass is 10.2. The molecule has 0 saturated carbocycles. The Morgan fingerprint density at radius 2 is 2.50 bits per heavy atom. The fourth-order valence-electron chi connectivity index (χ4n) is 1.82. The smallest absolute Gasteiger partial charge is 0.250 e.